The number of halogens is 1. The Labute approximate surface area is 124 Å². The number of hydrogen-bond acceptors (Lipinski definition) is 2. The van der Waals surface area contributed by atoms with Crippen molar-refractivity contribution in [2.24, 2.45) is 11.7 Å². The third-order valence-corrected chi connectivity index (χ3v) is 3.98. The third-order valence-electron chi connectivity index (χ3n) is 3.07. The summed E-state index contributed by atoms with van der Waals surface area (Å²) >= 11 is 11.1. The highest BCUT2D eigenvalue weighted by atomic mass is 35.5. The van der Waals surface area contributed by atoms with Gasteiger partial charge in [-0.25, -0.2) is 0 Å². The molecule has 104 valence electrons. The molecule has 1 aromatic rings. The van der Waals surface area contributed by atoms with Crippen molar-refractivity contribution in [3.05, 3.63) is 34.3 Å². The molecule has 0 heterocycles. The van der Waals surface area contributed by atoms with Crippen LogP contribution < -0.4 is 5.73 Å². The van der Waals surface area contributed by atoms with Gasteiger partial charge in [-0.15, -0.1) is 0 Å². The molecule has 0 aliphatic heterocycles. The van der Waals surface area contributed by atoms with Crippen molar-refractivity contribution in [2.75, 3.05) is 13.1 Å². The smallest absolute Gasteiger partial charge is 0.255 e. The minimum atomic E-state index is -0.0840. The van der Waals surface area contributed by atoms with Crippen LogP contribution in [0.2, 0.25) is 5.02 Å². The molecule has 19 heavy (non-hydrogen) atoms. The van der Waals surface area contributed by atoms with E-state index in [2.05, 4.69) is 0 Å². The van der Waals surface area contributed by atoms with Gasteiger partial charge < -0.3 is 10.6 Å². The Hall–Kier alpha value is -1.13. The van der Waals surface area contributed by atoms with Crippen molar-refractivity contribution in [3.8, 4) is 0 Å². The predicted molar refractivity (Wildman–Crippen MR) is 83.7 cm³/mol. The number of carbonyl (C=O) groups excluding carboxylic acids is 1. The second kappa shape index (κ2) is 6.87. The summed E-state index contributed by atoms with van der Waals surface area (Å²) in [6.07, 6.45) is 0. The highest BCUT2D eigenvalue weighted by molar-refractivity contribution is 7.80. The van der Waals surface area contributed by atoms with Crippen LogP contribution in [0.15, 0.2) is 18.2 Å². The van der Waals surface area contributed by atoms with E-state index >= 15 is 0 Å². The molecule has 0 bridgehead atoms. The van der Waals surface area contributed by atoms with Crippen LogP contribution in [-0.2, 0) is 0 Å². The lowest BCUT2D eigenvalue weighted by molar-refractivity contribution is 0.0755. The number of rotatable bonds is 5. The summed E-state index contributed by atoms with van der Waals surface area (Å²) in [6.45, 7) is 6.82. The molecule has 0 aromatic heterocycles. The second-order valence-corrected chi connectivity index (χ2v) is 5.43. The van der Waals surface area contributed by atoms with Crippen molar-refractivity contribution >= 4 is 34.7 Å². The lowest BCUT2D eigenvalue weighted by atomic mass is 10.1. The molecule has 1 aromatic carbocycles. The van der Waals surface area contributed by atoms with Crippen LogP contribution in [0, 0.1) is 12.8 Å². The summed E-state index contributed by atoms with van der Waals surface area (Å²) in [4.78, 5) is 14.6. The van der Waals surface area contributed by atoms with E-state index < -0.39 is 0 Å². The molecule has 1 amide bonds. The third kappa shape index (κ3) is 3.91. The molecule has 1 unspecified atom stereocenters. The Morgan fingerprint density at radius 2 is 2.16 bits per heavy atom. The van der Waals surface area contributed by atoms with E-state index in [1.165, 1.54) is 0 Å². The molecule has 0 fully saturated rings. The molecule has 0 aliphatic carbocycles. The number of aryl methyl sites for hydroxylation is 1. The molecule has 1 atom stereocenters. The SMILES string of the molecule is CCN(CC(C)C(N)=S)C(=O)c1cccc(C)c1Cl. The fraction of sp³-hybridized carbons (Fsp3) is 0.429. The van der Waals surface area contributed by atoms with E-state index in [4.69, 9.17) is 29.6 Å². The van der Waals surface area contributed by atoms with Crippen molar-refractivity contribution in [3.63, 3.8) is 0 Å². The summed E-state index contributed by atoms with van der Waals surface area (Å²) in [5, 5.41) is 0.508. The van der Waals surface area contributed by atoms with E-state index in [1.54, 1.807) is 11.0 Å². The van der Waals surface area contributed by atoms with Gasteiger partial charge in [0.2, 0.25) is 0 Å². The molecule has 3 nitrogen and oxygen atoms in total. The zero-order valence-corrected chi connectivity index (χ0v) is 13.0. The first-order chi connectivity index (χ1) is 8.88. The van der Waals surface area contributed by atoms with Gasteiger partial charge in [0.05, 0.1) is 15.6 Å². The Kier molecular flexibility index (Phi) is 5.76. The number of carbonyl (C=O) groups is 1. The fourth-order valence-electron chi connectivity index (χ4n) is 1.76. The van der Waals surface area contributed by atoms with E-state index in [0.717, 1.165) is 5.56 Å². The first-order valence-corrected chi connectivity index (χ1v) is 7.00. The topological polar surface area (TPSA) is 46.3 Å². The summed E-state index contributed by atoms with van der Waals surface area (Å²) in [5.74, 6) is -0.0956. The minimum absolute atomic E-state index is 0.0116. The summed E-state index contributed by atoms with van der Waals surface area (Å²) in [6, 6.07) is 5.46. The van der Waals surface area contributed by atoms with Crippen LogP contribution in [-0.4, -0.2) is 28.9 Å². The molecule has 2 N–H and O–H groups in total. The molecule has 0 radical (unpaired) electrons. The van der Waals surface area contributed by atoms with Crippen LogP contribution in [0.1, 0.15) is 29.8 Å². The lowest BCUT2D eigenvalue weighted by Crippen LogP contribution is -2.38. The Morgan fingerprint density at radius 1 is 1.53 bits per heavy atom. The lowest BCUT2D eigenvalue weighted by Gasteiger charge is -2.24. The Bertz CT molecular complexity index is 490. The molecule has 0 spiro atoms. The van der Waals surface area contributed by atoms with Gasteiger partial charge >= 0.3 is 0 Å². The highest BCUT2D eigenvalue weighted by Crippen LogP contribution is 2.22. The van der Waals surface area contributed by atoms with Gasteiger partial charge in [0, 0.05) is 19.0 Å². The quantitative estimate of drug-likeness (QED) is 0.850. The molecular formula is C14H19ClN2OS. The number of benzene rings is 1. The fourth-order valence-corrected chi connectivity index (χ4v) is 2.04. The van der Waals surface area contributed by atoms with Crippen LogP contribution in [0.3, 0.4) is 0 Å². The van der Waals surface area contributed by atoms with Gasteiger partial charge in [0.15, 0.2) is 0 Å². The van der Waals surface area contributed by atoms with E-state index in [9.17, 15) is 4.79 Å². The van der Waals surface area contributed by atoms with Crippen molar-refractivity contribution in [2.45, 2.75) is 20.8 Å². The zero-order chi connectivity index (χ0) is 14.6. The maximum atomic E-state index is 12.5. The number of thiocarbonyl (C=S) groups is 1. The monoisotopic (exact) mass is 298 g/mol. The van der Waals surface area contributed by atoms with Crippen LogP contribution >= 0.6 is 23.8 Å². The van der Waals surface area contributed by atoms with Gasteiger partial charge in [-0.1, -0.05) is 42.9 Å². The molecule has 0 saturated carbocycles. The van der Waals surface area contributed by atoms with Gasteiger partial charge in [0.1, 0.15) is 0 Å². The van der Waals surface area contributed by atoms with Crippen molar-refractivity contribution in [1.82, 2.24) is 4.90 Å². The molecular weight excluding hydrogens is 280 g/mol. The average molecular weight is 299 g/mol. The van der Waals surface area contributed by atoms with Gasteiger partial charge in [-0.2, -0.15) is 0 Å². The van der Waals surface area contributed by atoms with E-state index in [-0.39, 0.29) is 11.8 Å². The Morgan fingerprint density at radius 3 is 2.68 bits per heavy atom. The highest BCUT2D eigenvalue weighted by Gasteiger charge is 2.20. The predicted octanol–water partition coefficient (Wildman–Crippen LogP) is 3.03. The first kappa shape index (κ1) is 15.9. The first-order valence-electron chi connectivity index (χ1n) is 6.22. The number of nitrogens with two attached hydrogens (primary N) is 1. The summed E-state index contributed by atoms with van der Waals surface area (Å²) in [5.41, 5.74) is 7.02. The van der Waals surface area contributed by atoms with Crippen LogP contribution in [0.5, 0.6) is 0 Å². The van der Waals surface area contributed by atoms with Crippen LogP contribution in [0.4, 0.5) is 0 Å². The maximum absolute atomic E-state index is 12.5. The maximum Gasteiger partial charge on any atom is 0.255 e. The largest absolute Gasteiger partial charge is 0.393 e. The molecule has 0 aliphatic rings. The average Bonchev–Trinajstić information content (AvgIpc) is 2.38. The molecule has 5 heteroatoms. The van der Waals surface area contributed by atoms with E-state index in [0.29, 0.717) is 28.7 Å². The number of nitrogens with zero attached hydrogens (tertiary/aromatic N) is 1. The summed E-state index contributed by atoms with van der Waals surface area (Å²) in [7, 11) is 0. The zero-order valence-electron chi connectivity index (χ0n) is 11.4. The van der Waals surface area contributed by atoms with Gasteiger partial charge in [0.25, 0.3) is 5.91 Å². The number of hydrogen-bond donors (Lipinski definition) is 1. The Balaban J connectivity index is 2.96. The van der Waals surface area contributed by atoms with Crippen LogP contribution in [0.25, 0.3) is 0 Å². The van der Waals surface area contributed by atoms with E-state index in [1.807, 2.05) is 32.9 Å². The van der Waals surface area contributed by atoms with Gasteiger partial charge in [-0.05, 0) is 25.5 Å². The van der Waals surface area contributed by atoms with Gasteiger partial charge in [-0.3, -0.25) is 4.79 Å². The number of amides is 1. The summed E-state index contributed by atoms with van der Waals surface area (Å²) < 4.78 is 0. The normalized spacial score (nSPS) is 12.0. The molecule has 0 saturated heterocycles. The standard InChI is InChI=1S/C14H19ClN2OS/c1-4-17(8-10(3)13(16)19)14(18)11-7-5-6-9(2)12(11)15/h5-7,10H,4,8H2,1-3H3,(H2,16,19). The second-order valence-electron chi connectivity index (χ2n) is 4.58. The van der Waals surface area contributed by atoms with Crippen molar-refractivity contribution < 1.29 is 4.79 Å². The molecule has 1 rings (SSSR count). The van der Waals surface area contributed by atoms with Crippen molar-refractivity contribution in [1.29, 1.82) is 0 Å². The minimum Gasteiger partial charge on any atom is -0.393 e.